The van der Waals surface area contributed by atoms with Crippen molar-refractivity contribution in [3.63, 3.8) is 0 Å². The van der Waals surface area contributed by atoms with Crippen LogP contribution in [-0.4, -0.2) is 9.91 Å². The van der Waals surface area contributed by atoms with E-state index in [0.29, 0.717) is 16.1 Å². The normalized spacial score (nSPS) is 11.3. The summed E-state index contributed by atoms with van der Waals surface area (Å²) >= 11 is 1.38. The highest BCUT2D eigenvalue weighted by atomic mass is 32.1. The van der Waals surface area contributed by atoms with Gasteiger partial charge >= 0.3 is 0 Å². The lowest BCUT2D eigenvalue weighted by atomic mass is 10.0. The molecular formula is C22H13N3O2S. The van der Waals surface area contributed by atoms with Gasteiger partial charge in [-0.15, -0.1) is 11.3 Å². The number of benzene rings is 3. The molecule has 0 aliphatic heterocycles. The molecule has 0 radical (unpaired) electrons. The minimum Gasteiger partial charge on any atom is -0.258 e. The lowest BCUT2D eigenvalue weighted by molar-refractivity contribution is -0.384. The van der Waals surface area contributed by atoms with Crippen molar-refractivity contribution in [2.45, 2.75) is 0 Å². The fourth-order valence-corrected chi connectivity index (χ4v) is 3.79. The molecule has 4 aromatic rings. The number of nitro benzene ring substituents is 1. The lowest BCUT2D eigenvalue weighted by Gasteiger charge is -2.03. The first-order valence-electron chi connectivity index (χ1n) is 8.46. The Labute approximate surface area is 165 Å². The summed E-state index contributed by atoms with van der Waals surface area (Å²) in [7, 11) is 0. The van der Waals surface area contributed by atoms with E-state index in [1.54, 1.807) is 18.2 Å². The van der Waals surface area contributed by atoms with Crippen LogP contribution in [0.1, 0.15) is 10.6 Å². The summed E-state index contributed by atoms with van der Waals surface area (Å²) in [5.41, 5.74) is 2.76. The molecule has 0 atom stereocenters. The van der Waals surface area contributed by atoms with Crippen molar-refractivity contribution >= 4 is 39.4 Å². The molecule has 1 aromatic heterocycles. The van der Waals surface area contributed by atoms with Crippen molar-refractivity contribution in [3.05, 3.63) is 92.8 Å². The maximum Gasteiger partial charge on any atom is 0.270 e. The second-order valence-corrected chi connectivity index (χ2v) is 6.94. The molecule has 0 saturated heterocycles. The predicted molar refractivity (Wildman–Crippen MR) is 112 cm³/mol. The average Bonchev–Trinajstić information content (AvgIpc) is 3.21. The summed E-state index contributed by atoms with van der Waals surface area (Å²) in [4.78, 5) is 15.2. The van der Waals surface area contributed by atoms with Gasteiger partial charge in [-0.3, -0.25) is 10.1 Å². The number of non-ortho nitro benzene ring substituents is 1. The van der Waals surface area contributed by atoms with Gasteiger partial charge in [0, 0.05) is 23.1 Å². The first-order chi connectivity index (χ1) is 13.7. The van der Waals surface area contributed by atoms with Crippen LogP contribution < -0.4 is 0 Å². The van der Waals surface area contributed by atoms with Crippen LogP contribution in [0.3, 0.4) is 0 Å². The summed E-state index contributed by atoms with van der Waals surface area (Å²) in [6, 6.07) is 22.5. The number of nitrogens with zero attached hydrogens (tertiary/aromatic N) is 3. The van der Waals surface area contributed by atoms with Gasteiger partial charge in [0.15, 0.2) is 0 Å². The Balaban J connectivity index is 1.74. The van der Waals surface area contributed by atoms with Crippen LogP contribution in [0, 0.1) is 21.4 Å². The third-order valence-electron chi connectivity index (χ3n) is 4.31. The first-order valence-corrected chi connectivity index (χ1v) is 9.34. The van der Waals surface area contributed by atoms with Crippen LogP contribution in [0.15, 0.2) is 72.1 Å². The molecule has 0 unspecified atom stereocenters. The second-order valence-electron chi connectivity index (χ2n) is 6.09. The SMILES string of the molecule is N#C/C(=C\c1cccc([N+](=O)[O-])c1)c1nc(-c2cccc3ccccc23)cs1. The van der Waals surface area contributed by atoms with Crippen molar-refractivity contribution in [3.8, 4) is 17.3 Å². The number of hydrogen-bond donors (Lipinski definition) is 0. The van der Waals surface area contributed by atoms with Crippen LogP contribution in [0.5, 0.6) is 0 Å². The molecule has 5 nitrogen and oxygen atoms in total. The van der Waals surface area contributed by atoms with E-state index in [1.165, 1.54) is 23.5 Å². The van der Waals surface area contributed by atoms with Crippen LogP contribution in [-0.2, 0) is 0 Å². The number of rotatable bonds is 4. The zero-order chi connectivity index (χ0) is 19.5. The highest BCUT2D eigenvalue weighted by Gasteiger charge is 2.12. The number of thiazole rings is 1. The summed E-state index contributed by atoms with van der Waals surface area (Å²) in [6.45, 7) is 0. The van der Waals surface area contributed by atoms with E-state index in [-0.39, 0.29) is 5.69 Å². The Morgan fingerprint density at radius 2 is 1.89 bits per heavy atom. The van der Waals surface area contributed by atoms with Gasteiger partial charge in [0.25, 0.3) is 5.69 Å². The van der Waals surface area contributed by atoms with Crippen molar-refractivity contribution < 1.29 is 4.92 Å². The van der Waals surface area contributed by atoms with Gasteiger partial charge in [-0.05, 0) is 22.4 Å². The largest absolute Gasteiger partial charge is 0.270 e. The van der Waals surface area contributed by atoms with Gasteiger partial charge < -0.3 is 0 Å². The molecule has 0 fully saturated rings. The van der Waals surface area contributed by atoms with Crippen LogP contribution in [0.25, 0.3) is 33.7 Å². The highest BCUT2D eigenvalue weighted by molar-refractivity contribution is 7.11. The Morgan fingerprint density at radius 3 is 2.71 bits per heavy atom. The summed E-state index contributed by atoms with van der Waals surface area (Å²) in [5.74, 6) is 0. The average molecular weight is 383 g/mol. The van der Waals surface area contributed by atoms with Gasteiger partial charge in [0.2, 0.25) is 0 Å². The molecule has 1 heterocycles. The topological polar surface area (TPSA) is 79.8 Å². The van der Waals surface area contributed by atoms with Gasteiger partial charge in [-0.2, -0.15) is 5.26 Å². The zero-order valence-corrected chi connectivity index (χ0v) is 15.4. The van der Waals surface area contributed by atoms with Gasteiger partial charge in [-0.25, -0.2) is 4.98 Å². The minimum absolute atomic E-state index is 0.0124. The Hall–Kier alpha value is -3.82. The van der Waals surface area contributed by atoms with Crippen molar-refractivity contribution in [1.82, 2.24) is 4.98 Å². The van der Waals surface area contributed by atoms with E-state index < -0.39 is 4.92 Å². The van der Waals surface area contributed by atoms with Crippen LogP contribution in [0.4, 0.5) is 5.69 Å². The van der Waals surface area contributed by atoms with E-state index in [0.717, 1.165) is 22.0 Å². The number of aromatic nitrogens is 1. The monoisotopic (exact) mass is 383 g/mol. The summed E-state index contributed by atoms with van der Waals surface area (Å²) < 4.78 is 0. The minimum atomic E-state index is -0.453. The molecule has 28 heavy (non-hydrogen) atoms. The molecule has 0 spiro atoms. The molecule has 3 aromatic carbocycles. The summed E-state index contributed by atoms with van der Waals surface area (Å²) in [6.07, 6.45) is 1.62. The predicted octanol–water partition coefficient (Wildman–Crippen LogP) is 5.94. The van der Waals surface area contributed by atoms with Crippen LogP contribution >= 0.6 is 11.3 Å². The Bertz CT molecular complexity index is 1260. The fourth-order valence-electron chi connectivity index (χ4n) is 3.01. The quantitative estimate of drug-likeness (QED) is 0.248. The molecule has 0 N–H and O–H groups in total. The fraction of sp³-hybridized carbons (Fsp3) is 0. The molecule has 0 saturated carbocycles. The van der Waals surface area contributed by atoms with Crippen molar-refractivity contribution in [1.29, 1.82) is 5.26 Å². The third kappa shape index (κ3) is 3.39. The highest BCUT2D eigenvalue weighted by Crippen LogP contribution is 2.32. The Morgan fingerprint density at radius 1 is 1.11 bits per heavy atom. The second kappa shape index (κ2) is 7.43. The molecule has 0 aliphatic rings. The number of hydrogen-bond acceptors (Lipinski definition) is 5. The van der Waals surface area contributed by atoms with Crippen molar-refractivity contribution in [2.24, 2.45) is 0 Å². The maximum atomic E-state index is 11.0. The number of nitriles is 1. The van der Waals surface area contributed by atoms with Gasteiger partial charge in [0.1, 0.15) is 11.1 Å². The number of allylic oxidation sites excluding steroid dienone is 1. The van der Waals surface area contributed by atoms with E-state index in [1.807, 2.05) is 35.7 Å². The Kier molecular flexibility index (Phi) is 4.67. The molecule has 4 rings (SSSR count). The molecule has 0 aliphatic carbocycles. The first kappa shape index (κ1) is 17.6. The van der Waals surface area contributed by atoms with E-state index in [2.05, 4.69) is 23.2 Å². The van der Waals surface area contributed by atoms with Gasteiger partial charge in [0.05, 0.1) is 16.2 Å². The third-order valence-corrected chi connectivity index (χ3v) is 5.19. The standard InChI is InChI=1S/C22H13N3O2S/c23-13-17(11-15-5-3-8-18(12-15)25(26)27)22-24-21(14-28-22)20-10-4-7-16-6-1-2-9-19(16)20/h1-12,14H/b17-11+. The number of nitro groups is 1. The zero-order valence-electron chi connectivity index (χ0n) is 14.6. The number of fused-ring (bicyclic) bond motifs is 1. The molecule has 6 heteroatoms. The maximum absolute atomic E-state index is 11.0. The molecular weight excluding hydrogens is 370 g/mol. The van der Waals surface area contributed by atoms with E-state index in [9.17, 15) is 15.4 Å². The van der Waals surface area contributed by atoms with E-state index >= 15 is 0 Å². The molecule has 0 bridgehead atoms. The van der Waals surface area contributed by atoms with E-state index in [4.69, 9.17) is 0 Å². The summed E-state index contributed by atoms with van der Waals surface area (Å²) in [5, 5.41) is 25.3. The molecule has 134 valence electrons. The van der Waals surface area contributed by atoms with Gasteiger partial charge in [-0.1, -0.05) is 54.6 Å². The smallest absolute Gasteiger partial charge is 0.258 e. The molecule has 0 amide bonds. The van der Waals surface area contributed by atoms with Crippen molar-refractivity contribution in [2.75, 3.05) is 0 Å². The lowest BCUT2D eigenvalue weighted by Crippen LogP contribution is -1.88. The van der Waals surface area contributed by atoms with Crippen LogP contribution in [0.2, 0.25) is 0 Å².